The largest absolute Gasteiger partial charge is 0.219 e. The van der Waals surface area contributed by atoms with E-state index in [1.165, 1.54) is 0 Å². The molecule has 0 saturated carbocycles. The van der Waals surface area contributed by atoms with Gasteiger partial charge in [0.15, 0.2) is 0 Å². The van der Waals surface area contributed by atoms with Crippen LogP contribution in [0.1, 0.15) is 0 Å². The Morgan fingerprint density at radius 1 is 0.556 bits per heavy atom. The molecule has 0 unspecified atom stereocenters. The highest BCUT2D eigenvalue weighted by atomic mass is 15.7. The molecule has 0 fully saturated rings. The molecule has 0 atom stereocenters. The van der Waals surface area contributed by atoms with E-state index in [0.717, 1.165) is 11.4 Å². The molecule has 1 aliphatic heterocycles. The first-order chi connectivity index (χ1) is 8.93. The Hall–Kier alpha value is -2.62. The molecule has 1 heterocycles. The molecule has 0 aliphatic carbocycles. The highest BCUT2D eigenvalue weighted by molar-refractivity contribution is 5.52. The summed E-state index contributed by atoms with van der Waals surface area (Å²) in [5.41, 5.74) is 1.98. The fourth-order valence-corrected chi connectivity index (χ4v) is 1.71. The minimum Gasteiger partial charge on any atom is -0.219 e. The maximum Gasteiger partial charge on any atom is 0.0664 e. The lowest BCUT2D eigenvalue weighted by atomic mass is 10.3. The van der Waals surface area contributed by atoms with Crippen molar-refractivity contribution in [1.82, 2.24) is 0 Å². The van der Waals surface area contributed by atoms with Crippen molar-refractivity contribution in [2.75, 3.05) is 10.0 Å². The van der Waals surface area contributed by atoms with Crippen molar-refractivity contribution >= 4 is 11.4 Å². The number of rotatable bonds is 2. The molecule has 0 N–H and O–H groups in total. The zero-order valence-corrected chi connectivity index (χ0v) is 9.72. The molecular weight excluding hydrogens is 224 g/mol. The third kappa shape index (κ3) is 2.08. The SMILES string of the molecule is C1=CN(c2ccccc2)N=NN1c1ccccc1. The van der Waals surface area contributed by atoms with Crippen molar-refractivity contribution in [3.05, 3.63) is 73.1 Å². The standard InChI is InChI=1S/C14H12N4/c1-3-7-13(8-4-1)17-11-12-18(16-15-17)14-9-5-2-6-10-14/h1-12H. The summed E-state index contributed by atoms with van der Waals surface area (Å²) in [5, 5.41) is 11.8. The predicted molar refractivity (Wildman–Crippen MR) is 71.8 cm³/mol. The Morgan fingerprint density at radius 3 is 1.28 bits per heavy atom. The maximum absolute atomic E-state index is 4.15. The van der Waals surface area contributed by atoms with Crippen LogP contribution in [-0.2, 0) is 0 Å². The predicted octanol–water partition coefficient (Wildman–Crippen LogP) is 3.77. The van der Waals surface area contributed by atoms with Gasteiger partial charge in [-0.1, -0.05) is 36.4 Å². The van der Waals surface area contributed by atoms with Crippen molar-refractivity contribution in [3.63, 3.8) is 0 Å². The van der Waals surface area contributed by atoms with E-state index in [2.05, 4.69) is 10.4 Å². The van der Waals surface area contributed by atoms with Gasteiger partial charge in [0.05, 0.1) is 11.4 Å². The number of benzene rings is 2. The molecule has 0 saturated heterocycles. The zero-order valence-electron chi connectivity index (χ0n) is 9.72. The highest BCUT2D eigenvalue weighted by Gasteiger charge is 2.09. The van der Waals surface area contributed by atoms with Crippen LogP contribution in [0.25, 0.3) is 0 Å². The van der Waals surface area contributed by atoms with Crippen molar-refractivity contribution in [2.45, 2.75) is 0 Å². The van der Waals surface area contributed by atoms with E-state index in [9.17, 15) is 0 Å². The molecule has 0 amide bonds. The summed E-state index contributed by atoms with van der Waals surface area (Å²) in [4.78, 5) is 0. The van der Waals surface area contributed by atoms with Crippen LogP contribution in [-0.4, -0.2) is 0 Å². The van der Waals surface area contributed by atoms with Crippen LogP contribution in [0, 0.1) is 0 Å². The van der Waals surface area contributed by atoms with Gasteiger partial charge in [-0.3, -0.25) is 0 Å². The van der Waals surface area contributed by atoms with Crippen LogP contribution in [0.2, 0.25) is 0 Å². The smallest absolute Gasteiger partial charge is 0.0664 e. The fraction of sp³-hybridized carbons (Fsp3) is 0. The Kier molecular flexibility index (Phi) is 2.75. The minimum absolute atomic E-state index is 0.991. The van der Waals surface area contributed by atoms with Gasteiger partial charge >= 0.3 is 0 Å². The molecule has 88 valence electrons. The van der Waals surface area contributed by atoms with Crippen LogP contribution < -0.4 is 10.0 Å². The lowest BCUT2D eigenvalue weighted by Gasteiger charge is -2.21. The van der Waals surface area contributed by atoms with E-state index < -0.39 is 0 Å². The van der Waals surface area contributed by atoms with Crippen molar-refractivity contribution in [3.8, 4) is 0 Å². The van der Waals surface area contributed by atoms with E-state index in [1.807, 2.05) is 73.1 Å². The topological polar surface area (TPSA) is 31.2 Å². The van der Waals surface area contributed by atoms with Crippen LogP contribution in [0.4, 0.5) is 11.4 Å². The Bertz CT molecular complexity index is 497. The highest BCUT2D eigenvalue weighted by Crippen LogP contribution is 2.21. The summed E-state index contributed by atoms with van der Waals surface area (Å²) in [6, 6.07) is 19.8. The van der Waals surface area contributed by atoms with E-state index >= 15 is 0 Å². The Balaban J connectivity index is 1.79. The van der Waals surface area contributed by atoms with Gasteiger partial charge in [0.1, 0.15) is 0 Å². The Labute approximate surface area is 105 Å². The summed E-state index contributed by atoms with van der Waals surface area (Å²) in [5.74, 6) is 0. The lowest BCUT2D eigenvalue weighted by Crippen LogP contribution is -2.18. The number of para-hydroxylation sites is 2. The van der Waals surface area contributed by atoms with Crippen LogP contribution in [0.15, 0.2) is 83.5 Å². The zero-order chi connectivity index (χ0) is 12.2. The summed E-state index contributed by atoms with van der Waals surface area (Å²) in [7, 11) is 0. The van der Waals surface area contributed by atoms with E-state index in [4.69, 9.17) is 0 Å². The van der Waals surface area contributed by atoms with Gasteiger partial charge in [-0.15, -0.1) is 0 Å². The van der Waals surface area contributed by atoms with Gasteiger partial charge in [0.2, 0.25) is 0 Å². The van der Waals surface area contributed by atoms with Crippen molar-refractivity contribution in [2.24, 2.45) is 10.4 Å². The first-order valence-electron chi connectivity index (χ1n) is 5.72. The van der Waals surface area contributed by atoms with E-state index in [1.54, 1.807) is 10.0 Å². The average molecular weight is 236 g/mol. The molecule has 0 aromatic heterocycles. The summed E-state index contributed by atoms with van der Waals surface area (Å²) < 4.78 is 0. The van der Waals surface area contributed by atoms with E-state index in [0.29, 0.717) is 0 Å². The third-order valence-corrected chi connectivity index (χ3v) is 2.62. The summed E-state index contributed by atoms with van der Waals surface area (Å²) in [6.07, 6.45) is 3.77. The van der Waals surface area contributed by atoms with Crippen LogP contribution in [0.3, 0.4) is 0 Å². The number of nitrogens with zero attached hydrogens (tertiary/aromatic N) is 4. The molecule has 4 heteroatoms. The normalized spacial score (nSPS) is 14.0. The van der Waals surface area contributed by atoms with Gasteiger partial charge in [-0.05, 0) is 34.7 Å². The number of hydrogen-bond acceptors (Lipinski definition) is 4. The average Bonchev–Trinajstić information content (AvgIpc) is 2.49. The third-order valence-electron chi connectivity index (χ3n) is 2.62. The number of hydrogen-bond donors (Lipinski definition) is 0. The molecule has 4 nitrogen and oxygen atoms in total. The molecule has 18 heavy (non-hydrogen) atoms. The quantitative estimate of drug-likeness (QED) is 0.794. The van der Waals surface area contributed by atoms with Gasteiger partial charge in [0, 0.05) is 12.4 Å². The van der Waals surface area contributed by atoms with E-state index in [-0.39, 0.29) is 0 Å². The molecule has 0 bridgehead atoms. The molecule has 2 aromatic carbocycles. The molecule has 3 rings (SSSR count). The van der Waals surface area contributed by atoms with Gasteiger partial charge in [0.25, 0.3) is 0 Å². The van der Waals surface area contributed by atoms with Crippen molar-refractivity contribution in [1.29, 1.82) is 0 Å². The molecular formula is C14H12N4. The molecule has 2 aromatic rings. The maximum atomic E-state index is 4.15. The second-order valence-corrected chi connectivity index (χ2v) is 3.84. The van der Waals surface area contributed by atoms with Gasteiger partial charge in [-0.25, -0.2) is 10.0 Å². The first kappa shape index (κ1) is 10.5. The summed E-state index contributed by atoms with van der Waals surface area (Å²) >= 11 is 0. The van der Waals surface area contributed by atoms with Crippen molar-refractivity contribution < 1.29 is 0 Å². The number of anilines is 2. The monoisotopic (exact) mass is 236 g/mol. The molecule has 1 aliphatic rings. The molecule has 0 radical (unpaired) electrons. The summed E-state index contributed by atoms with van der Waals surface area (Å²) in [6.45, 7) is 0. The van der Waals surface area contributed by atoms with Crippen LogP contribution in [0.5, 0.6) is 0 Å². The van der Waals surface area contributed by atoms with Gasteiger partial charge < -0.3 is 0 Å². The van der Waals surface area contributed by atoms with Crippen LogP contribution >= 0.6 is 0 Å². The lowest BCUT2D eigenvalue weighted by molar-refractivity contribution is 0.824. The van der Waals surface area contributed by atoms with Gasteiger partial charge in [-0.2, -0.15) is 0 Å². The first-order valence-corrected chi connectivity index (χ1v) is 5.72. The molecule has 0 spiro atoms. The Morgan fingerprint density at radius 2 is 0.944 bits per heavy atom. The second-order valence-electron chi connectivity index (χ2n) is 3.84. The second kappa shape index (κ2) is 4.71. The fourth-order valence-electron chi connectivity index (χ4n) is 1.71. The minimum atomic E-state index is 0.991.